The van der Waals surface area contributed by atoms with Gasteiger partial charge in [0, 0.05) is 6.42 Å². The smallest absolute Gasteiger partial charge is 0.311 e. The summed E-state index contributed by atoms with van der Waals surface area (Å²) in [5.41, 5.74) is 6.13. The number of nitrogens with two attached hydrogens (primary N) is 1. The second-order valence-electron chi connectivity index (χ2n) is 3.45. The molecule has 0 bridgehead atoms. The molecule has 0 aromatic rings. The fourth-order valence-corrected chi connectivity index (χ4v) is 1.02. The average Bonchev–Trinajstić information content (AvgIpc) is 2.23. The Morgan fingerprint density at radius 1 is 1.27 bits per heavy atom. The molecule has 4 nitrogen and oxygen atoms in total. The fraction of sp³-hybridized carbons (Fsp3) is 0.636. The third-order valence-corrected chi connectivity index (χ3v) is 1.87. The van der Waals surface area contributed by atoms with Gasteiger partial charge in [-0.05, 0) is 18.9 Å². The predicted molar refractivity (Wildman–Crippen MR) is 58.1 cm³/mol. The topological polar surface area (TPSA) is 69.4 Å². The number of allylic oxidation sites excluding steroid dienone is 1. The average molecular weight is 213 g/mol. The van der Waals surface area contributed by atoms with Crippen molar-refractivity contribution in [3.05, 3.63) is 11.8 Å². The molecule has 0 aliphatic rings. The van der Waals surface area contributed by atoms with Crippen LogP contribution in [0.2, 0.25) is 0 Å². The zero-order valence-corrected chi connectivity index (χ0v) is 9.41. The Morgan fingerprint density at radius 3 is 2.47 bits per heavy atom. The van der Waals surface area contributed by atoms with Gasteiger partial charge >= 0.3 is 5.97 Å². The second kappa shape index (κ2) is 8.17. The van der Waals surface area contributed by atoms with Crippen LogP contribution >= 0.6 is 0 Å². The van der Waals surface area contributed by atoms with Crippen LogP contribution in [0.1, 0.15) is 39.5 Å². The van der Waals surface area contributed by atoms with E-state index in [4.69, 9.17) is 10.5 Å². The third-order valence-electron chi connectivity index (χ3n) is 1.87. The van der Waals surface area contributed by atoms with Gasteiger partial charge in [-0.2, -0.15) is 0 Å². The van der Waals surface area contributed by atoms with Crippen LogP contribution in [-0.4, -0.2) is 18.3 Å². The Balaban J connectivity index is 3.74. The monoisotopic (exact) mass is 213 g/mol. The highest BCUT2D eigenvalue weighted by molar-refractivity contribution is 5.84. The lowest BCUT2D eigenvalue weighted by molar-refractivity contribution is -0.139. The maximum atomic E-state index is 11.1. The maximum absolute atomic E-state index is 11.1. The van der Waals surface area contributed by atoms with Crippen LogP contribution in [0.25, 0.3) is 0 Å². The van der Waals surface area contributed by atoms with E-state index in [9.17, 15) is 9.59 Å². The molecule has 0 saturated carbocycles. The molecule has 4 heteroatoms. The van der Waals surface area contributed by atoms with E-state index in [1.165, 1.54) is 6.26 Å². The van der Waals surface area contributed by atoms with Crippen LogP contribution in [0.15, 0.2) is 11.8 Å². The van der Waals surface area contributed by atoms with Crippen molar-refractivity contribution in [3.8, 4) is 0 Å². The van der Waals surface area contributed by atoms with E-state index in [0.717, 1.165) is 18.4 Å². The molecule has 0 spiro atoms. The molecule has 0 saturated heterocycles. The minimum Gasteiger partial charge on any atom is -0.435 e. The molecule has 2 N–H and O–H groups in total. The van der Waals surface area contributed by atoms with Crippen molar-refractivity contribution >= 4 is 11.8 Å². The number of ketones is 1. The van der Waals surface area contributed by atoms with Crippen LogP contribution in [0, 0.1) is 0 Å². The van der Waals surface area contributed by atoms with Crippen LogP contribution in [0.5, 0.6) is 0 Å². The third kappa shape index (κ3) is 7.88. The molecule has 0 rings (SSSR count). The molecule has 0 heterocycles. The van der Waals surface area contributed by atoms with Gasteiger partial charge in [-0.1, -0.05) is 13.3 Å². The van der Waals surface area contributed by atoms with Crippen LogP contribution in [0.3, 0.4) is 0 Å². The van der Waals surface area contributed by atoms with Crippen molar-refractivity contribution in [2.24, 2.45) is 5.73 Å². The number of hydrogen-bond acceptors (Lipinski definition) is 4. The van der Waals surface area contributed by atoms with Gasteiger partial charge in [-0.3, -0.25) is 9.59 Å². The molecule has 0 aromatic carbocycles. The van der Waals surface area contributed by atoms with Crippen LogP contribution in [-0.2, 0) is 14.3 Å². The lowest BCUT2D eigenvalue weighted by Crippen LogP contribution is -2.14. The number of Topliss-reactive ketones (excluding diaryl/α,β-unsaturated/α-hetero) is 1. The summed E-state index contributed by atoms with van der Waals surface area (Å²) in [4.78, 5) is 21.9. The minimum absolute atomic E-state index is 0.0159. The molecule has 0 unspecified atom stereocenters. The van der Waals surface area contributed by atoms with E-state index in [0.29, 0.717) is 0 Å². The number of carbonyl (C=O) groups excluding carboxylic acids is 2. The van der Waals surface area contributed by atoms with Gasteiger partial charge in [-0.25, -0.2) is 0 Å². The quantitative estimate of drug-likeness (QED) is 0.514. The maximum Gasteiger partial charge on any atom is 0.311 e. The normalized spacial score (nSPS) is 11.3. The molecule has 15 heavy (non-hydrogen) atoms. The molecule has 0 fully saturated rings. The van der Waals surface area contributed by atoms with Gasteiger partial charge in [0.1, 0.15) is 5.78 Å². The summed E-state index contributed by atoms with van der Waals surface area (Å²) in [5, 5.41) is 0. The SMILES string of the molecule is CCCC(C)=COC(=O)CCC(=O)CN. The number of ether oxygens (including phenoxy) is 1. The molecule has 0 atom stereocenters. The Morgan fingerprint density at radius 2 is 1.93 bits per heavy atom. The second-order valence-corrected chi connectivity index (χ2v) is 3.45. The van der Waals surface area contributed by atoms with Crippen LogP contribution in [0.4, 0.5) is 0 Å². The summed E-state index contributed by atoms with van der Waals surface area (Å²) in [5.74, 6) is -0.506. The number of rotatable bonds is 7. The van der Waals surface area contributed by atoms with Crippen molar-refractivity contribution in [3.63, 3.8) is 0 Å². The summed E-state index contributed by atoms with van der Waals surface area (Å²) in [7, 11) is 0. The molecule has 0 amide bonds. The fourth-order valence-electron chi connectivity index (χ4n) is 1.02. The Bertz CT molecular complexity index is 246. The lowest BCUT2D eigenvalue weighted by atomic mass is 10.2. The Hall–Kier alpha value is -1.16. The summed E-state index contributed by atoms with van der Waals surface area (Å²) >= 11 is 0. The number of esters is 1. The summed E-state index contributed by atoms with van der Waals surface area (Å²) < 4.78 is 4.86. The van der Waals surface area contributed by atoms with Gasteiger partial charge in [0.25, 0.3) is 0 Å². The first-order valence-electron chi connectivity index (χ1n) is 5.17. The zero-order valence-electron chi connectivity index (χ0n) is 9.41. The number of hydrogen-bond donors (Lipinski definition) is 1. The highest BCUT2D eigenvalue weighted by atomic mass is 16.5. The first-order chi connectivity index (χ1) is 7.10. The molecule has 0 aromatic heterocycles. The molecular formula is C11H19NO3. The van der Waals surface area contributed by atoms with Crippen molar-refractivity contribution in [2.75, 3.05) is 6.54 Å². The van der Waals surface area contributed by atoms with Crippen molar-refractivity contribution < 1.29 is 14.3 Å². The van der Waals surface area contributed by atoms with Crippen LogP contribution < -0.4 is 5.73 Å². The first kappa shape index (κ1) is 13.8. The molecule has 0 radical (unpaired) electrons. The van der Waals surface area contributed by atoms with Gasteiger partial charge < -0.3 is 10.5 Å². The van der Waals surface area contributed by atoms with Gasteiger partial charge in [0.05, 0.1) is 19.2 Å². The van der Waals surface area contributed by atoms with E-state index in [1.54, 1.807) is 0 Å². The van der Waals surface area contributed by atoms with E-state index >= 15 is 0 Å². The highest BCUT2D eigenvalue weighted by Gasteiger charge is 2.05. The van der Waals surface area contributed by atoms with Gasteiger partial charge in [0.15, 0.2) is 0 Å². The van der Waals surface area contributed by atoms with Crippen molar-refractivity contribution in [1.82, 2.24) is 0 Å². The standard InChI is InChI=1S/C11H19NO3/c1-3-4-9(2)8-15-11(14)6-5-10(13)7-12/h8H,3-7,12H2,1-2H3. The molecule has 86 valence electrons. The molecule has 0 aliphatic carbocycles. The van der Waals surface area contributed by atoms with E-state index in [2.05, 4.69) is 6.92 Å². The highest BCUT2D eigenvalue weighted by Crippen LogP contribution is 2.04. The van der Waals surface area contributed by atoms with E-state index in [1.807, 2.05) is 6.92 Å². The van der Waals surface area contributed by atoms with Gasteiger partial charge in [0.2, 0.25) is 0 Å². The summed E-state index contributed by atoms with van der Waals surface area (Å²) in [6, 6.07) is 0. The summed E-state index contributed by atoms with van der Waals surface area (Å²) in [6.07, 6.45) is 3.65. The molecule has 0 aliphatic heterocycles. The Kier molecular flexibility index (Phi) is 7.54. The van der Waals surface area contributed by atoms with Crippen molar-refractivity contribution in [2.45, 2.75) is 39.5 Å². The zero-order chi connectivity index (χ0) is 11.7. The van der Waals surface area contributed by atoms with Crippen molar-refractivity contribution in [1.29, 1.82) is 0 Å². The predicted octanol–water partition coefficient (Wildman–Crippen LogP) is 1.54. The first-order valence-corrected chi connectivity index (χ1v) is 5.17. The van der Waals surface area contributed by atoms with Gasteiger partial charge in [-0.15, -0.1) is 0 Å². The van der Waals surface area contributed by atoms with E-state index in [-0.39, 0.29) is 31.1 Å². The molecular weight excluding hydrogens is 194 g/mol. The lowest BCUT2D eigenvalue weighted by Gasteiger charge is -2.00. The van der Waals surface area contributed by atoms with E-state index < -0.39 is 0 Å². The Labute approximate surface area is 90.5 Å². The number of carbonyl (C=O) groups is 2. The summed E-state index contributed by atoms with van der Waals surface area (Å²) in [6.45, 7) is 3.94. The largest absolute Gasteiger partial charge is 0.435 e. The minimum atomic E-state index is -0.382.